The van der Waals surface area contributed by atoms with Crippen LogP contribution in [0.3, 0.4) is 0 Å². The Morgan fingerprint density at radius 3 is 2.47 bits per heavy atom. The number of H-pyrrole nitrogens is 1. The van der Waals surface area contributed by atoms with Crippen molar-refractivity contribution < 1.29 is 9.47 Å². The molecule has 1 fully saturated rings. The summed E-state index contributed by atoms with van der Waals surface area (Å²) in [6, 6.07) is 15.8. The molecule has 0 unspecified atom stereocenters. The van der Waals surface area contributed by atoms with Gasteiger partial charge < -0.3 is 24.7 Å². The maximum absolute atomic E-state index is 5.98. The number of anilines is 3. The van der Waals surface area contributed by atoms with E-state index >= 15 is 0 Å². The maximum atomic E-state index is 5.98. The summed E-state index contributed by atoms with van der Waals surface area (Å²) >= 11 is 0. The minimum Gasteiger partial charge on any atom is -0.497 e. The molecule has 1 saturated heterocycles. The Bertz CT molecular complexity index is 1220. The molecule has 2 aromatic heterocycles. The summed E-state index contributed by atoms with van der Waals surface area (Å²) in [6.45, 7) is 3.97. The van der Waals surface area contributed by atoms with Gasteiger partial charge in [0.2, 0.25) is 5.95 Å². The van der Waals surface area contributed by atoms with Crippen molar-refractivity contribution in [2.75, 3.05) is 30.4 Å². The van der Waals surface area contributed by atoms with Crippen LogP contribution in [0.1, 0.15) is 24.8 Å². The Hall–Kier alpha value is -3.81. The number of hydrogen-bond acceptors (Lipinski definition) is 7. The summed E-state index contributed by atoms with van der Waals surface area (Å²) < 4.78 is 11.2. The molecule has 5 rings (SSSR count). The van der Waals surface area contributed by atoms with Crippen molar-refractivity contribution in [3.05, 3.63) is 54.1 Å². The number of aryl methyl sites for hydroxylation is 1. The number of ether oxygens (including phenoxy) is 2. The van der Waals surface area contributed by atoms with Gasteiger partial charge in [-0.05, 0) is 68.1 Å². The number of nitrogens with zero attached hydrogens (tertiary/aromatic N) is 4. The summed E-state index contributed by atoms with van der Waals surface area (Å²) in [5, 5.41) is 3.34. The van der Waals surface area contributed by atoms with Gasteiger partial charge in [-0.15, -0.1) is 0 Å². The lowest BCUT2D eigenvalue weighted by atomic mass is 10.1. The number of aromatic nitrogens is 4. The first-order valence-corrected chi connectivity index (χ1v) is 10.9. The summed E-state index contributed by atoms with van der Waals surface area (Å²) in [5.74, 6) is 2.85. The van der Waals surface area contributed by atoms with Gasteiger partial charge in [0.15, 0.2) is 11.5 Å². The van der Waals surface area contributed by atoms with Gasteiger partial charge in [0.1, 0.15) is 17.0 Å². The number of hydrogen-bond donors (Lipinski definition) is 2. The third kappa shape index (κ3) is 4.30. The largest absolute Gasteiger partial charge is 0.497 e. The highest BCUT2D eigenvalue weighted by Gasteiger charge is 2.21. The van der Waals surface area contributed by atoms with Crippen LogP contribution in [0.5, 0.6) is 17.5 Å². The lowest BCUT2D eigenvalue weighted by molar-refractivity contribution is 0.410. The number of fused-ring (bicyclic) bond motifs is 1. The van der Waals surface area contributed by atoms with E-state index in [1.807, 2.05) is 36.4 Å². The molecule has 0 amide bonds. The van der Waals surface area contributed by atoms with Gasteiger partial charge in [0.25, 0.3) is 0 Å². The quantitative estimate of drug-likeness (QED) is 0.435. The molecule has 0 saturated carbocycles. The van der Waals surface area contributed by atoms with Gasteiger partial charge in [0, 0.05) is 18.8 Å². The Morgan fingerprint density at radius 2 is 1.72 bits per heavy atom. The molecule has 1 aliphatic heterocycles. The van der Waals surface area contributed by atoms with E-state index in [9.17, 15) is 0 Å². The molecule has 0 atom stereocenters. The molecule has 0 radical (unpaired) electrons. The van der Waals surface area contributed by atoms with Crippen LogP contribution in [-0.4, -0.2) is 40.1 Å². The van der Waals surface area contributed by atoms with Crippen LogP contribution in [0.4, 0.5) is 17.5 Å². The van der Waals surface area contributed by atoms with Gasteiger partial charge in [-0.3, -0.25) is 0 Å². The van der Waals surface area contributed by atoms with Crippen LogP contribution in [0.2, 0.25) is 0 Å². The number of rotatable bonds is 6. The van der Waals surface area contributed by atoms with Gasteiger partial charge in [-0.2, -0.15) is 15.0 Å². The van der Waals surface area contributed by atoms with Crippen molar-refractivity contribution in [3.8, 4) is 17.5 Å². The topological polar surface area (TPSA) is 88.2 Å². The fourth-order valence-corrected chi connectivity index (χ4v) is 3.91. The Balaban J connectivity index is 1.51. The molecule has 1 aliphatic rings. The summed E-state index contributed by atoms with van der Waals surface area (Å²) in [6.07, 6.45) is 3.52. The molecular weight excluding hydrogens is 404 g/mol. The second-order valence-electron chi connectivity index (χ2n) is 7.93. The fraction of sp³-hybridized carbons (Fsp3) is 0.292. The van der Waals surface area contributed by atoms with Crippen LogP contribution in [-0.2, 0) is 0 Å². The third-order valence-electron chi connectivity index (χ3n) is 5.52. The van der Waals surface area contributed by atoms with E-state index in [1.54, 1.807) is 7.11 Å². The van der Waals surface area contributed by atoms with Crippen molar-refractivity contribution in [3.63, 3.8) is 0 Å². The van der Waals surface area contributed by atoms with Crippen molar-refractivity contribution in [2.24, 2.45) is 0 Å². The third-order valence-corrected chi connectivity index (χ3v) is 5.52. The molecule has 0 aliphatic carbocycles. The summed E-state index contributed by atoms with van der Waals surface area (Å²) in [5.41, 5.74) is 3.52. The Kier molecular flexibility index (Phi) is 5.49. The lowest BCUT2D eigenvalue weighted by Gasteiger charge is -2.27. The van der Waals surface area contributed by atoms with Crippen LogP contribution in [0, 0.1) is 6.92 Å². The number of nitrogens with one attached hydrogen (secondary N) is 2. The zero-order chi connectivity index (χ0) is 21.9. The van der Waals surface area contributed by atoms with Gasteiger partial charge in [-0.1, -0.05) is 12.1 Å². The second kappa shape index (κ2) is 8.74. The second-order valence-corrected chi connectivity index (χ2v) is 7.93. The molecule has 164 valence electrons. The molecule has 2 aromatic carbocycles. The molecular formula is C24H26N6O2. The molecule has 3 heterocycles. The average Bonchev–Trinajstić information content (AvgIpc) is 3.22. The highest BCUT2D eigenvalue weighted by atomic mass is 16.5. The Labute approximate surface area is 186 Å². The predicted octanol–water partition coefficient (Wildman–Crippen LogP) is 5.20. The standard InChI is InChI=1S/C24H26N6O2/c1-16-7-6-8-17(15-16)25-23-26-20-21(27-23)28-24(29-22(20)30-13-4-3-5-14-30)32-19-11-9-18(31-2)10-12-19/h6-12,15H,3-5,13-14H2,1-2H3,(H2,25,26,27,28,29). The molecule has 2 N–H and O–H groups in total. The molecule has 0 spiro atoms. The number of piperidine rings is 1. The smallest absolute Gasteiger partial charge is 0.326 e. The minimum absolute atomic E-state index is 0.275. The van der Waals surface area contributed by atoms with Gasteiger partial charge in [0.05, 0.1) is 7.11 Å². The first-order valence-electron chi connectivity index (χ1n) is 10.9. The molecule has 4 aromatic rings. The van der Waals surface area contributed by atoms with Crippen molar-refractivity contribution in [1.29, 1.82) is 0 Å². The van der Waals surface area contributed by atoms with Gasteiger partial charge in [-0.25, -0.2) is 0 Å². The van der Waals surface area contributed by atoms with Crippen molar-refractivity contribution in [2.45, 2.75) is 26.2 Å². The zero-order valence-corrected chi connectivity index (χ0v) is 18.3. The number of benzene rings is 2. The van der Waals surface area contributed by atoms with Crippen molar-refractivity contribution in [1.82, 2.24) is 19.9 Å². The minimum atomic E-state index is 0.275. The number of aromatic amines is 1. The van der Waals surface area contributed by atoms with E-state index in [0.29, 0.717) is 17.3 Å². The number of methoxy groups -OCH3 is 1. The van der Waals surface area contributed by atoms with E-state index < -0.39 is 0 Å². The van der Waals surface area contributed by atoms with Crippen LogP contribution in [0.25, 0.3) is 11.2 Å². The molecule has 0 bridgehead atoms. The van der Waals surface area contributed by atoms with E-state index in [2.05, 4.69) is 44.2 Å². The van der Waals surface area contributed by atoms with Crippen molar-refractivity contribution >= 4 is 28.6 Å². The lowest BCUT2D eigenvalue weighted by Crippen LogP contribution is -2.30. The van der Waals surface area contributed by atoms with E-state index in [0.717, 1.165) is 48.7 Å². The zero-order valence-electron chi connectivity index (χ0n) is 18.3. The number of imidazole rings is 1. The van der Waals surface area contributed by atoms with Gasteiger partial charge >= 0.3 is 6.01 Å². The summed E-state index contributed by atoms with van der Waals surface area (Å²) in [7, 11) is 1.64. The van der Waals surface area contributed by atoms with E-state index in [1.165, 1.54) is 12.0 Å². The van der Waals surface area contributed by atoms with Crippen LogP contribution in [0.15, 0.2) is 48.5 Å². The maximum Gasteiger partial charge on any atom is 0.326 e. The van der Waals surface area contributed by atoms with E-state index in [-0.39, 0.29) is 6.01 Å². The normalized spacial score (nSPS) is 13.9. The first-order chi connectivity index (χ1) is 15.7. The monoisotopic (exact) mass is 430 g/mol. The van der Waals surface area contributed by atoms with E-state index in [4.69, 9.17) is 14.5 Å². The highest BCUT2D eigenvalue weighted by molar-refractivity contribution is 5.86. The molecule has 8 nitrogen and oxygen atoms in total. The average molecular weight is 431 g/mol. The predicted molar refractivity (Wildman–Crippen MR) is 125 cm³/mol. The summed E-state index contributed by atoms with van der Waals surface area (Å²) in [4.78, 5) is 19.7. The van der Waals surface area contributed by atoms with Crippen LogP contribution < -0.4 is 19.7 Å². The molecule has 32 heavy (non-hydrogen) atoms. The SMILES string of the molecule is COc1ccc(Oc2nc(N3CCCCC3)c3[nH]c(Nc4cccc(C)c4)nc3n2)cc1. The Morgan fingerprint density at radius 1 is 0.938 bits per heavy atom. The fourth-order valence-electron chi connectivity index (χ4n) is 3.91. The van der Waals surface area contributed by atoms with Crippen LogP contribution >= 0.6 is 0 Å². The molecule has 8 heteroatoms. The highest BCUT2D eigenvalue weighted by Crippen LogP contribution is 2.31. The first kappa shape index (κ1) is 20.1.